The van der Waals surface area contributed by atoms with Crippen LogP contribution in [0.25, 0.3) is 10.9 Å². The number of hydrogen-bond donors (Lipinski definition) is 0. The second kappa shape index (κ2) is 8.16. The van der Waals surface area contributed by atoms with Crippen molar-refractivity contribution in [2.24, 2.45) is 0 Å². The lowest BCUT2D eigenvalue weighted by molar-refractivity contribution is 0.345. The molecule has 4 rings (SSSR count). The molecule has 1 aliphatic rings. The minimum absolute atomic E-state index is 1.10. The quantitative estimate of drug-likeness (QED) is 0.467. The lowest BCUT2D eigenvalue weighted by atomic mass is 10.0. The first-order valence-corrected chi connectivity index (χ1v) is 10.9. The first-order chi connectivity index (χ1) is 13.8. The summed E-state index contributed by atoms with van der Waals surface area (Å²) in [6, 6.07) is 31.2. The highest BCUT2D eigenvalue weighted by atomic mass is 31.2. The molecule has 1 aliphatic heterocycles. The van der Waals surface area contributed by atoms with Crippen LogP contribution in [0.3, 0.4) is 0 Å². The fourth-order valence-corrected chi connectivity index (χ4v) is 6.42. The number of allylic oxidation sites excluding steroid dienone is 3. The van der Waals surface area contributed by atoms with Crippen LogP contribution in [0.5, 0.6) is 0 Å². The Kier molecular flexibility index (Phi) is 5.45. The first-order valence-electron chi connectivity index (χ1n) is 9.27. The van der Waals surface area contributed by atoms with E-state index in [1.165, 1.54) is 5.56 Å². The molecule has 1 heterocycles. The topological polar surface area (TPSA) is 18.5 Å². The van der Waals surface area contributed by atoms with Crippen molar-refractivity contribution in [3.05, 3.63) is 120 Å². The van der Waals surface area contributed by atoms with Gasteiger partial charge in [0, 0.05) is 24.8 Å². The van der Waals surface area contributed by atoms with Gasteiger partial charge >= 0.3 is 0 Å². The minimum atomic E-state index is -2.47. The molecule has 0 amide bonds. The van der Waals surface area contributed by atoms with Gasteiger partial charge < -0.3 is 9.05 Å². The van der Waals surface area contributed by atoms with E-state index < -0.39 is 7.34 Å². The van der Waals surface area contributed by atoms with Crippen LogP contribution in [0.1, 0.15) is 16.7 Å². The maximum atomic E-state index is 6.19. The van der Waals surface area contributed by atoms with Crippen LogP contribution in [0.4, 0.5) is 0 Å². The molecule has 0 fully saturated rings. The Balaban J connectivity index is 2.06. The first kappa shape index (κ1) is 18.7. The van der Waals surface area contributed by atoms with Gasteiger partial charge in [0.25, 0.3) is 0 Å². The summed E-state index contributed by atoms with van der Waals surface area (Å²) in [5.74, 6) is 0. The minimum Gasteiger partial charge on any atom is -0.337 e. The van der Waals surface area contributed by atoms with Crippen LogP contribution >= 0.6 is 7.34 Å². The van der Waals surface area contributed by atoms with Crippen molar-refractivity contribution in [2.45, 2.75) is 0 Å². The summed E-state index contributed by atoms with van der Waals surface area (Å²) in [6.07, 6.45) is 4.44. The van der Waals surface area contributed by atoms with Crippen molar-refractivity contribution in [2.75, 3.05) is 14.2 Å². The Morgan fingerprint density at radius 3 is 1.50 bits per heavy atom. The SMILES string of the molecule is COP1(OC)=C(c2ccccc2)C=C(c2ccccc2)C=C1c1ccccc1. The highest BCUT2D eigenvalue weighted by molar-refractivity contribution is 7.78. The van der Waals surface area contributed by atoms with E-state index >= 15 is 0 Å². The maximum Gasteiger partial charge on any atom is 0.162 e. The molecule has 0 spiro atoms. The van der Waals surface area contributed by atoms with Gasteiger partial charge in [-0.2, -0.15) is 0 Å². The molecule has 3 aromatic rings. The zero-order chi connectivity index (χ0) is 19.4. The average molecular weight is 386 g/mol. The number of rotatable bonds is 5. The third-order valence-electron chi connectivity index (χ3n) is 4.98. The van der Waals surface area contributed by atoms with Crippen LogP contribution in [0, 0.1) is 0 Å². The Bertz CT molecular complexity index is 1050. The Hall–Kier alpha value is -2.64. The van der Waals surface area contributed by atoms with Gasteiger partial charge in [-0.25, -0.2) is 0 Å². The summed E-state index contributed by atoms with van der Waals surface area (Å²) in [6.45, 7) is 0. The van der Waals surface area contributed by atoms with Crippen molar-refractivity contribution in [1.29, 1.82) is 0 Å². The second-order valence-electron chi connectivity index (χ2n) is 6.53. The molecule has 3 aromatic carbocycles. The highest BCUT2D eigenvalue weighted by Crippen LogP contribution is 2.65. The molecule has 0 saturated carbocycles. The van der Waals surface area contributed by atoms with Crippen molar-refractivity contribution >= 4 is 23.5 Å². The molecule has 2 nitrogen and oxygen atoms in total. The van der Waals surface area contributed by atoms with E-state index in [4.69, 9.17) is 9.05 Å². The molecule has 0 atom stereocenters. The van der Waals surface area contributed by atoms with E-state index in [9.17, 15) is 0 Å². The van der Waals surface area contributed by atoms with Gasteiger partial charge in [-0.3, -0.25) is 0 Å². The standard InChI is InChI=1S/C25H23O2P/c1-26-28(27-2)24(21-14-8-4-9-15-21)18-23(20-12-6-3-7-13-20)19-25(28)22-16-10-5-11-17-22/h3-19H,1-2H3. The summed E-state index contributed by atoms with van der Waals surface area (Å²) in [7, 11) is 1.02. The third kappa shape index (κ3) is 3.31. The predicted octanol–water partition coefficient (Wildman–Crippen LogP) is 6.49. The summed E-state index contributed by atoms with van der Waals surface area (Å²) >= 11 is 0. The van der Waals surface area contributed by atoms with Gasteiger partial charge in [0.2, 0.25) is 0 Å². The normalized spacial score (nSPS) is 15.7. The largest absolute Gasteiger partial charge is 0.337 e. The van der Waals surface area contributed by atoms with Gasteiger partial charge in [0.1, 0.15) is 0 Å². The molecule has 140 valence electrons. The summed E-state index contributed by atoms with van der Waals surface area (Å²) in [4.78, 5) is 0. The maximum absolute atomic E-state index is 6.19. The van der Waals surface area contributed by atoms with Crippen molar-refractivity contribution in [1.82, 2.24) is 0 Å². The smallest absolute Gasteiger partial charge is 0.162 e. The molecule has 0 radical (unpaired) electrons. The van der Waals surface area contributed by atoms with E-state index in [0.29, 0.717) is 0 Å². The summed E-state index contributed by atoms with van der Waals surface area (Å²) < 4.78 is 12.4. The van der Waals surface area contributed by atoms with E-state index in [0.717, 1.165) is 27.3 Å². The van der Waals surface area contributed by atoms with E-state index in [2.05, 4.69) is 84.9 Å². The van der Waals surface area contributed by atoms with Gasteiger partial charge in [-0.05, 0) is 34.4 Å². The van der Waals surface area contributed by atoms with Gasteiger partial charge in [-0.15, -0.1) is 0 Å². The van der Waals surface area contributed by atoms with Crippen molar-refractivity contribution in [3.8, 4) is 0 Å². The molecule has 0 aromatic heterocycles. The van der Waals surface area contributed by atoms with Gasteiger partial charge in [0.15, 0.2) is 7.34 Å². The molecule has 0 N–H and O–H groups in total. The molecule has 3 heteroatoms. The number of hydrogen-bond acceptors (Lipinski definition) is 2. The Labute approximate surface area is 166 Å². The average Bonchev–Trinajstić information content (AvgIpc) is 2.80. The van der Waals surface area contributed by atoms with E-state index in [1.54, 1.807) is 14.2 Å². The van der Waals surface area contributed by atoms with Crippen molar-refractivity contribution in [3.63, 3.8) is 0 Å². The fraction of sp³-hybridized carbons (Fsp3) is 0.0800. The zero-order valence-electron chi connectivity index (χ0n) is 16.1. The lowest BCUT2D eigenvalue weighted by Gasteiger charge is -2.32. The van der Waals surface area contributed by atoms with Crippen LogP contribution in [0.15, 0.2) is 103 Å². The molecule has 0 aliphatic carbocycles. The number of benzene rings is 3. The van der Waals surface area contributed by atoms with Gasteiger partial charge in [0.05, 0.1) is 0 Å². The second-order valence-corrected chi connectivity index (χ2v) is 9.33. The van der Waals surface area contributed by atoms with Gasteiger partial charge in [-0.1, -0.05) is 91.0 Å². The predicted molar refractivity (Wildman–Crippen MR) is 120 cm³/mol. The molecular weight excluding hydrogens is 363 g/mol. The monoisotopic (exact) mass is 386 g/mol. The van der Waals surface area contributed by atoms with Crippen LogP contribution < -0.4 is 0 Å². The fourth-order valence-electron chi connectivity index (χ4n) is 3.63. The Morgan fingerprint density at radius 2 is 1.00 bits per heavy atom. The van der Waals surface area contributed by atoms with Crippen molar-refractivity contribution < 1.29 is 9.05 Å². The van der Waals surface area contributed by atoms with Crippen LogP contribution in [0.2, 0.25) is 0 Å². The molecule has 0 bridgehead atoms. The summed E-state index contributed by atoms with van der Waals surface area (Å²) in [5.41, 5.74) is 4.57. The highest BCUT2D eigenvalue weighted by Gasteiger charge is 2.32. The van der Waals surface area contributed by atoms with E-state index in [1.807, 2.05) is 18.2 Å². The zero-order valence-corrected chi connectivity index (χ0v) is 17.0. The molecule has 0 saturated heterocycles. The summed E-state index contributed by atoms with van der Waals surface area (Å²) in [5, 5.41) is 2.19. The molecule has 28 heavy (non-hydrogen) atoms. The third-order valence-corrected chi connectivity index (χ3v) is 8.05. The Morgan fingerprint density at radius 1 is 0.536 bits per heavy atom. The molecule has 0 unspecified atom stereocenters. The molecular formula is C25H23O2P. The van der Waals surface area contributed by atoms with Crippen LogP contribution in [-0.2, 0) is 9.05 Å². The van der Waals surface area contributed by atoms with E-state index in [-0.39, 0.29) is 0 Å². The van der Waals surface area contributed by atoms with Crippen LogP contribution in [-0.4, -0.2) is 19.5 Å². The lowest BCUT2D eigenvalue weighted by Crippen LogP contribution is -2.11.